The number of phenols is 2. The van der Waals surface area contributed by atoms with Crippen molar-refractivity contribution in [3.8, 4) is 11.5 Å². The molecule has 0 bridgehead atoms. The average molecular weight is 321 g/mol. The van der Waals surface area contributed by atoms with Crippen LogP contribution in [0, 0.1) is 0 Å². The molecular weight excluding hydrogens is 302 g/mol. The molecule has 2 aromatic rings. The summed E-state index contributed by atoms with van der Waals surface area (Å²) in [5.41, 5.74) is 2.96. The van der Waals surface area contributed by atoms with E-state index in [0.717, 1.165) is 11.1 Å². The third-order valence-electron chi connectivity index (χ3n) is 3.89. The van der Waals surface area contributed by atoms with Crippen LogP contribution in [0.3, 0.4) is 0 Å². The lowest BCUT2D eigenvalue weighted by atomic mass is 9.94. The Kier molecular flexibility index (Phi) is 4.49. The van der Waals surface area contributed by atoms with Crippen molar-refractivity contribution >= 4 is 17.9 Å². The molecule has 0 atom stereocenters. The fourth-order valence-corrected chi connectivity index (χ4v) is 2.84. The molecule has 24 heavy (non-hydrogen) atoms. The summed E-state index contributed by atoms with van der Waals surface area (Å²) in [4.78, 5) is 14.8. The average Bonchev–Trinajstić information content (AvgIpc) is 2.52. The second-order valence-electron chi connectivity index (χ2n) is 6.03. The number of Topliss-reactive ketones (excluding diaryl/α,β-unsaturated/α-hetero) is 1. The fraction of sp³-hybridized carbons (Fsp3) is 0.150. The zero-order chi connectivity index (χ0) is 17.1. The van der Waals surface area contributed by atoms with E-state index in [9.17, 15) is 15.0 Å². The lowest BCUT2D eigenvalue weighted by Gasteiger charge is -2.26. The number of carbonyl (C=O) groups excluding carboxylic acids is 1. The van der Waals surface area contributed by atoms with E-state index in [0.29, 0.717) is 24.2 Å². The third-order valence-corrected chi connectivity index (χ3v) is 3.89. The zero-order valence-corrected chi connectivity index (χ0v) is 13.4. The highest BCUT2D eigenvalue weighted by molar-refractivity contribution is 6.14. The van der Waals surface area contributed by atoms with Gasteiger partial charge in [0.2, 0.25) is 0 Å². The quantitative estimate of drug-likeness (QED) is 0.835. The number of phenolic OH excluding ortho intramolecular Hbond substituents is 2. The third kappa shape index (κ3) is 3.73. The molecule has 0 aliphatic carbocycles. The highest BCUT2D eigenvalue weighted by atomic mass is 16.3. The predicted molar refractivity (Wildman–Crippen MR) is 94.7 cm³/mol. The number of aromatic hydroxyl groups is 2. The number of nitrogens with zero attached hydrogens (tertiary/aromatic N) is 1. The smallest absolute Gasteiger partial charge is 0.187 e. The number of benzene rings is 2. The number of ketones is 1. The summed E-state index contributed by atoms with van der Waals surface area (Å²) in [6.07, 6.45) is 3.63. The van der Waals surface area contributed by atoms with E-state index in [1.54, 1.807) is 36.4 Å². The summed E-state index contributed by atoms with van der Waals surface area (Å²) in [6, 6.07) is 13.7. The number of carbonyl (C=O) groups is 1. The summed E-state index contributed by atoms with van der Waals surface area (Å²) in [5, 5.41) is 19.1. The van der Waals surface area contributed by atoms with Gasteiger partial charge < -0.3 is 10.2 Å². The Labute approximate surface area is 141 Å². The van der Waals surface area contributed by atoms with Gasteiger partial charge in [0, 0.05) is 24.2 Å². The minimum absolute atomic E-state index is 0.000198. The standard InChI is InChI=1S/C20H19NO3/c1-21-12-16(8-14-4-2-6-18(22)10-14)20(24)17(13-21)9-15-5-3-7-19(23)11-15/h2-11,22-23H,12-13H2,1H3. The number of likely N-dealkylation sites (N-methyl/N-ethyl adjacent to an activating group) is 1. The Morgan fingerprint density at radius 2 is 1.33 bits per heavy atom. The molecule has 0 unspecified atom stereocenters. The molecule has 1 fully saturated rings. The predicted octanol–water partition coefficient (Wildman–Crippen LogP) is 3.08. The van der Waals surface area contributed by atoms with Gasteiger partial charge in [-0.1, -0.05) is 24.3 Å². The van der Waals surface area contributed by atoms with Crippen molar-refractivity contribution in [3.63, 3.8) is 0 Å². The van der Waals surface area contributed by atoms with Crippen molar-refractivity contribution in [1.82, 2.24) is 4.90 Å². The van der Waals surface area contributed by atoms with Crippen LogP contribution in [0.15, 0.2) is 59.7 Å². The van der Waals surface area contributed by atoms with Gasteiger partial charge in [0.1, 0.15) is 11.5 Å². The summed E-state index contributed by atoms with van der Waals surface area (Å²) >= 11 is 0. The Balaban J connectivity index is 1.94. The largest absolute Gasteiger partial charge is 0.508 e. The van der Waals surface area contributed by atoms with Crippen molar-refractivity contribution in [2.75, 3.05) is 20.1 Å². The number of rotatable bonds is 2. The number of hydrogen-bond acceptors (Lipinski definition) is 4. The molecule has 1 aliphatic heterocycles. The molecule has 4 heteroatoms. The van der Waals surface area contributed by atoms with Crippen LogP contribution in [0.25, 0.3) is 12.2 Å². The topological polar surface area (TPSA) is 60.8 Å². The first-order valence-corrected chi connectivity index (χ1v) is 7.74. The normalized spacial score (nSPS) is 19.1. The van der Waals surface area contributed by atoms with Crippen LogP contribution < -0.4 is 0 Å². The molecule has 0 spiro atoms. The number of hydrogen-bond donors (Lipinski definition) is 2. The van der Waals surface area contributed by atoms with Crippen molar-refractivity contribution < 1.29 is 15.0 Å². The van der Waals surface area contributed by atoms with Gasteiger partial charge in [-0.05, 0) is 54.6 Å². The summed E-state index contributed by atoms with van der Waals surface area (Å²) in [7, 11) is 1.96. The molecule has 1 heterocycles. The maximum absolute atomic E-state index is 12.8. The van der Waals surface area contributed by atoms with E-state index in [1.807, 2.05) is 31.3 Å². The lowest BCUT2D eigenvalue weighted by Crippen LogP contribution is -2.34. The Morgan fingerprint density at radius 1 is 0.875 bits per heavy atom. The van der Waals surface area contributed by atoms with Gasteiger partial charge in [0.25, 0.3) is 0 Å². The van der Waals surface area contributed by atoms with Crippen LogP contribution in [0.2, 0.25) is 0 Å². The molecule has 0 amide bonds. The Hall–Kier alpha value is -2.85. The van der Waals surface area contributed by atoms with E-state index >= 15 is 0 Å². The van der Waals surface area contributed by atoms with Gasteiger partial charge in [0.05, 0.1) is 0 Å². The van der Waals surface area contributed by atoms with Crippen LogP contribution in [0.4, 0.5) is 0 Å². The molecular formula is C20H19NO3. The highest BCUT2D eigenvalue weighted by Crippen LogP contribution is 2.23. The molecule has 0 saturated carbocycles. The monoisotopic (exact) mass is 321 g/mol. The molecule has 122 valence electrons. The van der Waals surface area contributed by atoms with Crippen LogP contribution in [-0.4, -0.2) is 41.0 Å². The molecule has 1 saturated heterocycles. The molecule has 0 aromatic heterocycles. The van der Waals surface area contributed by atoms with Crippen molar-refractivity contribution in [2.24, 2.45) is 0 Å². The lowest BCUT2D eigenvalue weighted by molar-refractivity contribution is -0.113. The van der Waals surface area contributed by atoms with E-state index < -0.39 is 0 Å². The fourth-order valence-electron chi connectivity index (χ4n) is 2.84. The Morgan fingerprint density at radius 3 is 1.75 bits per heavy atom. The van der Waals surface area contributed by atoms with Crippen molar-refractivity contribution in [1.29, 1.82) is 0 Å². The maximum Gasteiger partial charge on any atom is 0.187 e. The van der Waals surface area contributed by atoms with Gasteiger partial charge in [-0.25, -0.2) is 0 Å². The van der Waals surface area contributed by atoms with Gasteiger partial charge in [-0.2, -0.15) is 0 Å². The number of likely N-dealkylation sites (tertiary alicyclic amines) is 1. The van der Waals surface area contributed by atoms with E-state index in [4.69, 9.17) is 0 Å². The maximum atomic E-state index is 12.8. The SMILES string of the molecule is CN1CC(=Cc2cccc(O)c2)C(=O)C(=Cc2cccc(O)c2)C1. The van der Waals surface area contributed by atoms with Gasteiger partial charge in [0.15, 0.2) is 5.78 Å². The highest BCUT2D eigenvalue weighted by Gasteiger charge is 2.23. The summed E-state index contributed by atoms with van der Waals surface area (Å²) in [6.45, 7) is 1.12. The van der Waals surface area contributed by atoms with Gasteiger partial charge >= 0.3 is 0 Å². The van der Waals surface area contributed by atoms with Gasteiger partial charge in [-0.3, -0.25) is 9.69 Å². The van der Waals surface area contributed by atoms with Crippen LogP contribution in [-0.2, 0) is 4.79 Å². The second kappa shape index (κ2) is 6.72. The molecule has 3 rings (SSSR count). The van der Waals surface area contributed by atoms with Crippen molar-refractivity contribution in [3.05, 3.63) is 70.8 Å². The molecule has 2 aromatic carbocycles. The molecule has 2 N–H and O–H groups in total. The molecule has 1 aliphatic rings. The zero-order valence-electron chi connectivity index (χ0n) is 13.4. The van der Waals surface area contributed by atoms with E-state index in [-0.39, 0.29) is 17.3 Å². The molecule has 4 nitrogen and oxygen atoms in total. The number of piperidine rings is 1. The van der Waals surface area contributed by atoms with E-state index in [2.05, 4.69) is 4.90 Å². The first-order chi connectivity index (χ1) is 11.5. The summed E-state index contributed by atoms with van der Waals surface area (Å²) in [5.74, 6) is 0.354. The van der Waals surface area contributed by atoms with Crippen molar-refractivity contribution in [2.45, 2.75) is 0 Å². The minimum Gasteiger partial charge on any atom is -0.508 e. The van der Waals surface area contributed by atoms with Crippen LogP contribution in [0.5, 0.6) is 11.5 Å². The minimum atomic E-state index is -0.000198. The first kappa shape index (κ1) is 16.0. The van der Waals surface area contributed by atoms with Crippen LogP contribution in [0.1, 0.15) is 11.1 Å². The molecule has 0 radical (unpaired) electrons. The van der Waals surface area contributed by atoms with Crippen LogP contribution >= 0.6 is 0 Å². The Bertz CT molecular complexity index is 769. The van der Waals surface area contributed by atoms with E-state index in [1.165, 1.54) is 0 Å². The summed E-state index contributed by atoms with van der Waals surface area (Å²) < 4.78 is 0. The first-order valence-electron chi connectivity index (χ1n) is 7.74. The second-order valence-corrected chi connectivity index (χ2v) is 6.03. The van der Waals surface area contributed by atoms with Gasteiger partial charge in [-0.15, -0.1) is 0 Å².